The van der Waals surface area contributed by atoms with Crippen molar-refractivity contribution in [3.05, 3.63) is 46.4 Å². The molecule has 0 amide bonds. The molecule has 3 aromatic rings. The van der Waals surface area contributed by atoms with E-state index in [4.69, 9.17) is 5.10 Å². The molecule has 1 aromatic carbocycles. The molecular weight excluding hydrogens is 462 g/mol. The van der Waals surface area contributed by atoms with Gasteiger partial charge in [-0.2, -0.15) is 21.0 Å². The van der Waals surface area contributed by atoms with E-state index in [0.29, 0.717) is 22.5 Å². The SMILES string of the molecule is N#CC1CCCCC1n1nc(Nc2ccc3c(c2)CC2(CCCCC2)S3(O)O)c2c(=O)[nH]ccc21. The summed E-state index contributed by atoms with van der Waals surface area (Å²) in [7, 11) is -2.85. The van der Waals surface area contributed by atoms with Gasteiger partial charge in [-0.3, -0.25) is 18.6 Å². The van der Waals surface area contributed by atoms with Gasteiger partial charge in [0.2, 0.25) is 0 Å². The van der Waals surface area contributed by atoms with Gasteiger partial charge in [0, 0.05) is 11.9 Å². The number of nitrogens with zero attached hydrogens (tertiary/aromatic N) is 3. The van der Waals surface area contributed by atoms with Crippen molar-refractivity contribution in [1.82, 2.24) is 14.8 Å². The second-order valence-corrected chi connectivity index (χ2v) is 12.8. The van der Waals surface area contributed by atoms with Crippen LogP contribution in [-0.4, -0.2) is 28.6 Å². The van der Waals surface area contributed by atoms with Gasteiger partial charge >= 0.3 is 0 Å². The molecule has 1 aliphatic heterocycles. The zero-order valence-corrected chi connectivity index (χ0v) is 20.5. The van der Waals surface area contributed by atoms with E-state index in [1.165, 1.54) is 0 Å². The van der Waals surface area contributed by atoms with Gasteiger partial charge in [-0.15, -0.1) is 0 Å². The van der Waals surface area contributed by atoms with Gasteiger partial charge in [0.05, 0.1) is 33.2 Å². The molecule has 2 atom stereocenters. The molecule has 3 aliphatic rings. The third-order valence-corrected chi connectivity index (χ3v) is 11.1. The summed E-state index contributed by atoms with van der Waals surface area (Å²) in [5, 5.41) is 18.3. The van der Waals surface area contributed by atoms with E-state index in [0.717, 1.165) is 74.6 Å². The molecule has 2 fully saturated rings. The Morgan fingerprint density at radius 2 is 1.94 bits per heavy atom. The Morgan fingerprint density at radius 3 is 2.74 bits per heavy atom. The first-order valence-electron chi connectivity index (χ1n) is 12.6. The summed E-state index contributed by atoms with van der Waals surface area (Å²) in [6.45, 7) is 0. The zero-order valence-electron chi connectivity index (χ0n) is 19.7. The number of rotatable bonds is 3. The summed E-state index contributed by atoms with van der Waals surface area (Å²) in [6, 6.07) is 9.88. The van der Waals surface area contributed by atoms with E-state index >= 15 is 0 Å². The maximum Gasteiger partial charge on any atom is 0.261 e. The number of nitriles is 1. The fraction of sp³-hybridized carbons (Fsp3) is 0.500. The Labute approximate surface area is 205 Å². The lowest BCUT2D eigenvalue weighted by molar-refractivity contribution is 0.277. The monoisotopic (exact) mass is 493 g/mol. The highest BCUT2D eigenvalue weighted by Crippen LogP contribution is 2.70. The molecule has 3 heterocycles. The predicted molar refractivity (Wildman–Crippen MR) is 137 cm³/mol. The van der Waals surface area contributed by atoms with Crippen LogP contribution in [0.2, 0.25) is 0 Å². The second kappa shape index (κ2) is 8.40. The molecule has 184 valence electrons. The average molecular weight is 494 g/mol. The second-order valence-electron chi connectivity index (χ2n) is 10.4. The number of fused-ring (bicyclic) bond motifs is 2. The summed E-state index contributed by atoms with van der Waals surface area (Å²) in [5.41, 5.74) is 2.23. The fourth-order valence-corrected chi connectivity index (χ4v) is 8.98. The predicted octanol–water partition coefficient (Wildman–Crippen LogP) is 6.09. The number of nitrogens with one attached hydrogen (secondary N) is 2. The van der Waals surface area contributed by atoms with E-state index in [9.17, 15) is 19.2 Å². The van der Waals surface area contributed by atoms with E-state index < -0.39 is 15.3 Å². The molecule has 8 nitrogen and oxygen atoms in total. The maximum absolute atomic E-state index is 12.8. The molecule has 9 heteroatoms. The van der Waals surface area contributed by atoms with Crippen molar-refractivity contribution < 1.29 is 9.11 Å². The molecule has 35 heavy (non-hydrogen) atoms. The van der Waals surface area contributed by atoms with Crippen LogP contribution < -0.4 is 10.9 Å². The van der Waals surface area contributed by atoms with Gasteiger partial charge in [-0.1, -0.05) is 32.1 Å². The summed E-state index contributed by atoms with van der Waals surface area (Å²) in [6.07, 6.45) is 11.0. The lowest BCUT2D eigenvalue weighted by Gasteiger charge is -2.48. The first-order chi connectivity index (χ1) is 16.9. The number of hydrogen-bond donors (Lipinski definition) is 4. The lowest BCUT2D eigenvalue weighted by Crippen LogP contribution is -2.35. The molecule has 1 spiro atoms. The van der Waals surface area contributed by atoms with Crippen LogP contribution in [0.5, 0.6) is 0 Å². The van der Waals surface area contributed by atoms with E-state index in [2.05, 4.69) is 16.4 Å². The molecule has 2 unspecified atom stereocenters. The van der Waals surface area contributed by atoms with Gasteiger partial charge in [-0.05, 0) is 61.9 Å². The van der Waals surface area contributed by atoms with Crippen molar-refractivity contribution in [2.75, 3.05) is 5.32 Å². The smallest absolute Gasteiger partial charge is 0.261 e. The van der Waals surface area contributed by atoms with E-state index in [1.54, 1.807) is 6.20 Å². The number of benzene rings is 1. The van der Waals surface area contributed by atoms with Crippen LogP contribution in [0.15, 0.2) is 40.2 Å². The minimum atomic E-state index is -2.85. The van der Waals surface area contributed by atoms with Gasteiger partial charge in [0.1, 0.15) is 5.39 Å². The standard InChI is InChI=1S/C26H31N5O3S/c27-16-17-6-2-3-7-20(17)31-21-10-13-28-25(32)23(21)24(30-31)29-19-8-9-22-18(14-19)15-26(35(22,33)34)11-4-1-5-12-26/h8-10,13-14,17,20,33-34H,1-7,11-12,15H2,(H,28,32)(H,29,30). The Bertz CT molecular complexity index is 1380. The van der Waals surface area contributed by atoms with Crippen LogP contribution in [0.1, 0.15) is 69.4 Å². The van der Waals surface area contributed by atoms with Crippen LogP contribution in [0.4, 0.5) is 11.5 Å². The molecule has 0 saturated heterocycles. The minimum Gasteiger partial charge on any atom is -0.338 e. The van der Waals surface area contributed by atoms with E-state index in [-0.39, 0.29) is 17.5 Å². The molecule has 2 saturated carbocycles. The van der Waals surface area contributed by atoms with Gasteiger partial charge in [0.15, 0.2) is 5.82 Å². The van der Waals surface area contributed by atoms with Crippen molar-refractivity contribution in [3.8, 4) is 6.07 Å². The summed E-state index contributed by atoms with van der Waals surface area (Å²) in [5.74, 6) is 0.330. The number of H-pyrrole nitrogens is 1. The molecule has 4 N–H and O–H groups in total. The maximum atomic E-state index is 12.8. The first-order valence-corrected chi connectivity index (χ1v) is 14.2. The zero-order chi connectivity index (χ0) is 24.2. The summed E-state index contributed by atoms with van der Waals surface area (Å²) >= 11 is 0. The molecule has 2 aliphatic carbocycles. The summed E-state index contributed by atoms with van der Waals surface area (Å²) < 4.78 is 23.8. The highest BCUT2D eigenvalue weighted by atomic mass is 32.3. The van der Waals surface area contributed by atoms with E-state index in [1.807, 2.05) is 28.9 Å². The van der Waals surface area contributed by atoms with Crippen molar-refractivity contribution in [2.24, 2.45) is 5.92 Å². The highest BCUT2D eigenvalue weighted by Gasteiger charge is 2.50. The first kappa shape index (κ1) is 22.7. The fourth-order valence-electron chi connectivity index (χ4n) is 6.54. The normalized spacial score (nSPS) is 25.7. The van der Waals surface area contributed by atoms with Crippen LogP contribution in [0.25, 0.3) is 10.9 Å². The van der Waals surface area contributed by atoms with Crippen molar-refractivity contribution in [1.29, 1.82) is 5.26 Å². The molecular formula is C26H31N5O3S. The van der Waals surface area contributed by atoms with Crippen LogP contribution in [-0.2, 0) is 6.42 Å². The average Bonchev–Trinajstić information content (AvgIpc) is 3.32. The third-order valence-electron chi connectivity index (χ3n) is 8.35. The number of anilines is 2. The lowest BCUT2D eigenvalue weighted by atomic mass is 9.84. The Morgan fingerprint density at radius 1 is 1.14 bits per heavy atom. The number of pyridine rings is 1. The Kier molecular flexibility index (Phi) is 5.44. The van der Waals surface area contributed by atoms with Crippen LogP contribution in [0.3, 0.4) is 0 Å². The Balaban J connectivity index is 1.38. The number of hydrogen-bond acceptors (Lipinski definition) is 6. The Hall–Kier alpha value is -2.80. The van der Waals surface area contributed by atoms with Crippen molar-refractivity contribution in [2.45, 2.75) is 79.9 Å². The van der Waals surface area contributed by atoms with Gasteiger partial charge < -0.3 is 10.3 Å². The quantitative estimate of drug-likeness (QED) is 0.350. The minimum absolute atomic E-state index is 0.0622. The van der Waals surface area contributed by atoms with Crippen molar-refractivity contribution >= 4 is 33.0 Å². The third kappa shape index (κ3) is 3.50. The molecule has 2 aromatic heterocycles. The van der Waals surface area contributed by atoms with Crippen molar-refractivity contribution in [3.63, 3.8) is 0 Å². The largest absolute Gasteiger partial charge is 0.338 e. The molecule has 0 bridgehead atoms. The topological polar surface area (TPSA) is 127 Å². The number of aromatic amines is 1. The van der Waals surface area contributed by atoms with Gasteiger partial charge in [-0.25, -0.2) is 0 Å². The van der Waals surface area contributed by atoms with Crippen LogP contribution in [0, 0.1) is 17.2 Å². The number of aromatic nitrogens is 3. The molecule has 6 rings (SSSR count). The molecule has 0 radical (unpaired) electrons. The highest BCUT2D eigenvalue weighted by molar-refractivity contribution is 8.25. The van der Waals surface area contributed by atoms with Crippen LogP contribution >= 0.6 is 10.6 Å². The summed E-state index contributed by atoms with van der Waals surface area (Å²) in [4.78, 5) is 16.3. The van der Waals surface area contributed by atoms with Gasteiger partial charge in [0.25, 0.3) is 5.56 Å².